The lowest BCUT2D eigenvalue weighted by Crippen LogP contribution is -2.08. The van der Waals surface area contributed by atoms with E-state index in [0.717, 1.165) is 27.8 Å². The molecule has 2 aromatic heterocycles. The molecular formula is C21H17N5S. The van der Waals surface area contributed by atoms with Crippen molar-refractivity contribution in [3.05, 3.63) is 65.6 Å². The van der Waals surface area contributed by atoms with Crippen LogP contribution in [0.2, 0.25) is 0 Å². The molecule has 0 amide bonds. The Hall–Kier alpha value is -3.17. The highest BCUT2D eigenvalue weighted by Crippen LogP contribution is 2.43. The zero-order valence-electron chi connectivity index (χ0n) is 14.5. The Labute approximate surface area is 160 Å². The molecule has 1 aliphatic rings. The maximum atomic E-state index is 9.63. The van der Waals surface area contributed by atoms with Crippen molar-refractivity contribution < 1.29 is 0 Å². The van der Waals surface area contributed by atoms with Crippen LogP contribution in [0.1, 0.15) is 35.4 Å². The number of nitriles is 1. The fourth-order valence-electron chi connectivity index (χ4n) is 3.16. The molecule has 1 saturated carbocycles. The monoisotopic (exact) mass is 371 g/mol. The molecule has 6 heteroatoms. The topological polar surface area (TPSA) is 77.4 Å². The van der Waals surface area contributed by atoms with Crippen molar-refractivity contribution in [2.24, 2.45) is 0 Å². The van der Waals surface area contributed by atoms with Crippen LogP contribution in [0.4, 0.5) is 5.69 Å². The van der Waals surface area contributed by atoms with Gasteiger partial charge in [-0.2, -0.15) is 5.26 Å². The van der Waals surface area contributed by atoms with Gasteiger partial charge in [-0.15, -0.1) is 11.3 Å². The summed E-state index contributed by atoms with van der Waals surface area (Å²) in [4.78, 5) is 13.1. The number of benzene rings is 2. The number of nitrogens with one attached hydrogen (secondary N) is 2. The van der Waals surface area contributed by atoms with Crippen molar-refractivity contribution in [3.63, 3.8) is 0 Å². The molecule has 0 spiro atoms. The van der Waals surface area contributed by atoms with Crippen LogP contribution >= 0.6 is 11.3 Å². The van der Waals surface area contributed by atoms with Crippen LogP contribution in [-0.4, -0.2) is 15.0 Å². The van der Waals surface area contributed by atoms with Gasteiger partial charge >= 0.3 is 0 Å². The van der Waals surface area contributed by atoms with E-state index in [9.17, 15) is 5.26 Å². The first kappa shape index (κ1) is 16.0. The van der Waals surface area contributed by atoms with E-state index < -0.39 is 6.04 Å². The largest absolute Gasteiger partial charge is 0.366 e. The van der Waals surface area contributed by atoms with Gasteiger partial charge < -0.3 is 10.3 Å². The van der Waals surface area contributed by atoms with Gasteiger partial charge in [0.25, 0.3) is 0 Å². The molecule has 0 saturated heterocycles. The summed E-state index contributed by atoms with van der Waals surface area (Å²) in [6.07, 6.45) is 6.17. The second-order valence-electron chi connectivity index (χ2n) is 6.80. The lowest BCUT2D eigenvalue weighted by molar-refractivity contribution is 0.999. The summed E-state index contributed by atoms with van der Waals surface area (Å²) in [5, 5.41) is 14.2. The zero-order valence-corrected chi connectivity index (χ0v) is 15.3. The minimum atomic E-state index is -0.414. The summed E-state index contributed by atoms with van der Waals surface area (Å²) >= 11 is 1.78. The number of anilines is 1. The molecular weight excluding hydrogens is 354 g/mol. The first-order chi connectivity index (χ1) is 13.3. The molecule has 2 heterocycles. The lowest BCUT2D eigenvalue weighted by Gasteiger charge is -2.14. The number of nitrogens with zero attached hydrogens (tertiary/aromatic N) is 3. The first-order valence-electron chi connectivity index (χ1n) is 8.95. The van der Waals surface area contributed by atoms with Crippen LogP contribution in [-0.2, 0) is 0 Å². The van der Waals surface area contributed by atoms with Gasteiger partial charge in [0.05, 0.1) is 33.3 Å². The average Bonchev–Trinajstić information content (AvgIpc) is 3.25. The normalized spacial score (nSPS) is 14.8. The minimum absolute atomic E-state index is 0.414. The molecule has 5 nitrogen and oxygen atoms in total. The van der Waals surface area contributed by atoms with Gasteiger partial charge in [-0.3, -0.25) is 0 Å². The average molecular weight is 371 g/mol. The lowest BCUT2D eigenvalue weighted by atomic mass is 10.0. The Balaban J connectivity index is 1.36. The third kappa shape index (κ3) is 3.18. The van der Waals surface area contributed by atoms with Gasteiger partial charge in [0.1, 0.15) is 6.04 Å². The van der Waals surface area contributed by atoms with Crippen molar-refractivity contribution in [3.8, 4) is 16.5 Å². The molecule has 4 aromatic rings. The van der Waals surface area contributed by atoms with Crippen molar-refractivity contribution in [2.45, 2.75) is 24.8 Å². The van der Waals surface area contributed by atoms with E-state index in [1.54, 1.807) is 17.7 Å². The maximum absolute atomic E-state index is 9.63. The van der Waals surface area contributed by atoms with E-state index in [0.29, 0.717) is 5.92 Å². The van der Waals surface area contributed by atoms with Gasteiger partial charge in [0.2, 0.25) is 0 Å². The van der Waals surface area contributed by atoms with Crippen LogP contribution in [0.3, 0.4) is 0 Å². The van der Waals surface area contributed by atoms with Gasteiger partial charge in [-0.05, 0) is 42.2 Å². The molecule has 5 rings (SSSR count). The maximum Gasteiger partial charge on any atom is 0.140 e. The second-order valence-corrected chi connectivity index (χ2v) is 7.86. The Morgan fingerprint density at radius 1 is 1.15 bits per heavy atom. The van der Waals surface area contributed by atoms with E-state index >= 15 is 0 Å². The molecule has 1 unspecified atom stereocenters. The Kier molecular flexibility index (Phi) is 3.88. The molecule has 1 aliphatic carbocycles. The minimum Gasteiger partial charge on any atom is -0.366 e. The van der Waals surface area contributed by atoms with Crippen molar-refractivity contribution >= 4 is 28.1 Å². The number of hydrogen-bond donors (Lipinski definition) is 2. The number of rotatable bonds is 5. The van der Waals surface area contributed by atoms with E-state index in [1.165, 1.54) is 22.7 Å². The fourth-order valence-corrected chi connectivity index (χ4v) is 4.25. The van der Waals surface area contributed by atoms with Crippen LogP contribution in [0.15, 0.2) is 55.0 Å². The standard InChI is InChI=1S/C21H17N5S/c22-10-19(26-16-7-8-17-18(9-16)25-12-24-17)13-1-3-14(4-2-13)20-11-23-21(27-20)15-5-6-15/h1-4,7-9,11-12,15,19,26H,5-6H2,(H,24,25). The Bertz CT molecular complexity index is 1130. The fraction of sp³-hybridized carbons (Fsp3) is 0.190. The number of aromatic amines is 1. The predicted molar refractivity (Wildman–Crippen MR) is 108 cm³/mol. The molecule has 0 bridgehead atoms. The highest BCUT2D eigenvalue weighted by molar-refractivity contribution is 7.15. The van der Waals surface area contributed by atoms with Crippen molar-refractivity contribution in [1.29, 1.82) is 5.26 Å². The third-order valence-electron chi connectivity index (χ3n) is 4.84. The third-order valence-corrected chi connectivity index (χ3v) is 6.05. The van der Waals surface area contributed by atoms with Gasteiger partial charge in [-0.1, -0.05) is 24.3 Å². The van der Waals surface area contributed by atoms with Crippen molar-refractivity contribution in [1.82, 2.24) is 15.0 Å². The highest BCUT2D eigenvalue weighted by Gasteiger charge is 2.26. The zero-order chi connectivity index (χ0) is 18.2. The van der Waals surface area contributed by atoms with Gasteiger partial charge in [0, 0.05) is 17.8 Å². The van der Waals surface area contributed by atoms with E-state index in [-0.39, 0.29) is 0 Å². The van der Waals surface area contributed by atoms with Gasteiger partial charge in [-0.25, -0.2) is 9.97 Å². The van der Waals surface area contributed by atoms with Crippen LogP contribution in [0.25, 0.3) is 21.5 Å². The van der Waals surface area contributed by atoms with E-state index in [4.69, 9.17) is 0 Å². The first-order valence-corrected chi connectivity index (χ1v) is 9.77. The summed E-state index contributed by atoms with van der Waals surface area (Å²) < 4.78 is 0. The predicted octanol–water partition coefficient (Wildman–Crippen LogP) is 5.24. The molecule has 1 atom stereocenters. The summed E-state index contributed by atoms with van der Waals surface area (Å²) in [5.74, 6) is 0.683. The Morgan fingerprint density at radius 3 is 2.78 bits per heavy atom. The van der Waals surface area contributed by atoms with E-state index in [2.05, 4.69) is 38.5 Å². The smallest absolute Gasteiger partial charge is 0.140 e. The molecule has 27 heavy (non-hydrogen) atoms. The summed E-state index contributed by atoms with van der Waals surface area (Å²) in [5.41, 5.74) is 4.84. The number of hydrogen-bond acceptors (Lipinski definition) is 5. The number of fused-ring (bicyclic) bond motifs is 1. The number of aromatic nitrogens is 3. The Morgan fingerprint density at radius 2 is 2.00 bits per heavy atom. The molecule has 132 valence electrons. The van der Waals surface area contributed by atoms with Crippen LogP contribution in [0.5, 0.6) is 0 Å². The van der Waals surface area contributed by atoms with E-state index in [1.807, 2.05) is 36.5 Å². The quantitative estimate of drug-likeness (QED) is 0.503. The summed E-state index contributed by atoms with van der Waals surface area (Å²) in [7, 11) is 0. The highest BCUT2D eigenvalue weighted by atomic mass is 32.1. The SMILES string of the molecule is N#CC(Nc1ccc2nc[nH]c2c1)c1ccc(-c2cnc(C3CC3)s2)cc1. The van der Waals surface area contributed by atoms with Crippen LogP contribution in [0, 0.1) is 11.3 Å². The molecule has 0 radical (unpaired) electrons. The number of imidazole rings is 1. The summed E-state index contributed by atoms with van der Waals surface area (Å²) in [6, 6.07) is 16.0. The number of H-pyrrole nitrogens is 1. The molecule has 2 N–H and O–H groups in total. The second kappa shape index (κ2) is 6.53. The van der Waals surface area contributed by atoms with Crippen LogP contribution < -0.4 is 5.32 Å². The number of thiazole rings is 1. The molecule has 1 fully saturated rings. The molecule has 0 aliphatic heterocycles. The van der Waals surface area contributed by atoms with Gasteiger partial charge in [0.15, 0.2) is 0 Å². The summed E-state index contributed by atoms with van der Waals surface area (Å²) in [6.45, 7) is 0. The van der Waals surface area contributed by atoms with Crippen molar-refractivity contribution in [2.75, 3.05) is 5.32 Å². The molecule has 2 aromatic carbocycles.